The lowest BCUT2D eigenvalue weighted by atomic mass is 10.1. The Balaban J connectivity index is 1.80. The summed E-state index contributed by atoms with van der Waals surface area (Å²) in [4.78, 5) is 13.0. The van der Waals surface area contributed by atoms with Gasteiger partial charge in [-0.1, -0.05) is 42.5 Å². The Morgan fingerprint density at radius 2 is 1.88 bits per heavy atom. The number of thioether (sulfide) groups is 1. The van der Waals surface area contributed by atoms with Gasteiger partial charge in [0.1, 0.15) is 11.0 Å². The molecule has 1 unspecified atom stereocenters. The van der Waals surface area contributed by atoms with Crippen molar-refractivity contribution in [2.45, 2.75) is 24.9 Å². The van der Waals surface area contributed by atoms with Crippen LogP contribution < -0.4 is 5.32 Å². The average Bonchev–Trinajstić information content (AvgIpc) is 3.13. The van der Waals surface area contributed by atoms with Crippen molar-refractivity contribution in [3.05, 3.63) is 89.4 Å². The lowest BCUT2D eigenvalue weighted by molar-refractivity contribution is -0.115. The highest BCUT2D eigenvalue weighted by molar-refractivity contribution is 7.99. The van der Waals surface area contributed by atoms with E-state index in [9.17, 15) is 4.79 Å². The zero-order valence-electron chi connectivity index (χ0n) is 14.4. The second-order valence-electron chi connectivity index (χ2n) is 5.99. The molecule has 1 N–H and O–H groups in total. The Kier molecular flexibility index (Phi) is 5.61. The largest absolute Gasteiger partial charge is 0.468 e. The van der Waals surface area contributed by atoms with Crippen molar-refractivity contribution in [2.75, 3.05) is 5.32 Å². The topological polar surface area (TPSA) is 42.2 Å². The smallest absolute Gasteiger partial charge is 0.242 e. The summed E-state index contributed by atoms with van der Waals surface area (Å²) in [6.07, 6.45) is 1.66. The van der Waals surface area contributed by atoms with Gasteiger partial charge >= 0.3 is 0 Å². The number of anilines is 1. The summed E-state index contributed by atoms with van der Waals surface area (Å²) in [5, 5.41) is 2.79. The van der Waals surface area contributed by atoms with Crippen molar-refractivity contribution in [3.63, 3.8) is 0 Å². The minimum atomic E-state index is -0.300. The van der Waals surface area contributed by atoms with Crippen molar-refractivity contribution in [1.82, 2.24) is 0 Å². The van der Waals surface area contributed by atoms with E-state index >= 15 is 0 Å². The number of nitrogens with one attached hydrogen (secondary N) is 1. The molecule has 0 saturated heterocycles. The van der Waals surface area contributed by atoms with Gasteiger partial charge in [0.2, 0.25) is 5.91 Å². The number of rotatable bonds is 6. The standard InChI is InChI=1S/C21H21NO2S/c1-15-10-11-16(2)19(13-15)22-21(23)20(17-7-4-3-5-8-17)25-14-18-9-6-12-24-18/h3-13,20H,14H2,1-2H3,(H,22,23). The first-order valence-electron chi connectivity index (χ1n) is 8.20. The van der Waals surface area contributed by atoms with Crippen LogP contribution in [0.1, 0.15) is 27.7 Å². The second-order valence-corrected chi connectivity index (χ2v) is 7.08. The van der Waals surface area contributed by atoms with Crippen molar-refractivity contribution in [3.8, 4) is 0 Å². The van der Waals surface area contributed by atoms with Crippen LogP contribution in [0.3, 0.4) is 0 Å². The number of aryl methyl sites for hydroxylation is 2. The fraction of sp³-hybridized carbons (Fsp3) is 0.190. The van der Waals surface area contributed by atoms with Gasteiger partial charge in [0.25, 0.3) is 0 Å². The van der Waals surface area contributed by atoms with E-state index < -0.39 is 0 Å². The van der Waals surface area contributed by atoms with E-state index in [4.69, 9.17) is 4.42 Å². The Hall–Kier alpha value is -2.46. The maximum absolute atomic E-state index is 13.0. The van der Waals surface area contributed by atoms with Crippen LogP contribution in [0.25, 0.3) is 0 Å². The first kappa shape index (κ1) is 17.4. The molecule has 1 atom stereocenters. The summed E-state index contributed by atoms with van der Waals surface area (Å²) in [6.45, 7) is 4.03. The highest BCUT2D eigenvalue weighted by atomic mass is 32.2. The Labute approximate surface area is 152 Å². The van der Waals surface area contributed by atoms with Gasteiger partial charge in [-0.05, 0) is 48.7 Å². The Morgan fingerprint density at radius 1 is 1.08 bits per heavy atom. The molecule has 4 heteroatoms. The third-order valence-corrected chi connectivity index (χ3v) is 5.23. The molecule has 1 aromatic heterocycles. The van der Waals surface area contributed by atoms with Crippen LogP contribution in [0, 0.1) is 13.8 Å². The molecule has 3 aromatic rings. The molecule has 0 fully saturated rings. The molecule has 0 spiro atoms. The molecule has 2 aromatic carbocycles. The highest BCUT2D eigenvalue weighted by Crippen LogP contribution is 2.33. The van der Waals surface area contributed by atoms with Crippen LogP contribution in [0.4, 0.5) is 5.69 Å². The SMILES string of the molecule is Cc1ccc(C)c(NC(=O)C(SCc2ccco2)c2ccccc2)c1. The predicted molar refractivity (Wildman–Crippen MR) is 104 cm³/mol. The number of amides is 1. The third kappa shape index (κ3) is 4.54. The van der Waals surface area contributed by atoms with Gasteiger partial charge in [-0.2, -0.15) is 0 Å². The summed E-state index contributed by atoms with van der Waals surface area (Å²) >= 11 is 1.56. The van der Waals surface area contributed by atoms with E-state index in [1.54, 1.807) is 18.0 Å². The molecule has 1 heterocycles. The fourth-order valence-corrected chi connectivity index (χ4v) is 3.64. The number of furan rings is 1. The van der Waals surface area contributed by atoms with Crippen LogP contribution in [0.2, 0.25) is 0 Å². The molecule has 0 saturated carbocycles. The molecule has 0 aliphatic carbocycles. The van der Waals surface area contributed by atoms with Gasteiger partial charge in [0.05, 0.1) is 12.0 Å². The highest BCUT2D eigenvalue weighted by Gasteiger charge is 2.22. The summed E-state index contributed by atoms with van der Waals surface area (Å²) in [7, 11) is 0. The number of hydrogen-bond acceptors (Lipinski definition) is 3. The van der Waals surface area contributed by atoms with Crippen LogP contribution in [-0.2, 0) is 10.5 Å². The van der Waals surface area contributed by atoms with Gasteiger partial charge in [0.15, 0.2) is 0 Å². The molecule has 3 rings (SSSR count). The van der Waals surface area contributed by atoms with Gasteiger partial charge in [-0.15, -0.1) is 11.8 Å². The van der Waals surface area contributed by atoms with E-state index in [2.05, 4.69) is 5.32 Å². The molecule has 3 nitrogen and oxygen atoms in total. The quantitative estimate of drug-likeness (QED) is 0.637. The van der Waals surface area contributed by atoms with E-state index in [1.165, 1.54) is 0 Å². The monoisotopic (exact) mass is 351 g/mol. The fourth-order valence-electron chi connectivity index (χ4n) is 2.58. The predicted octanol–water partition coefficient (Wildman–Crippen LogP) is 5.51. The molecule has 128 valence electrons. The van der Waals surface area contributed by atoms with Crippen LogP contribution in [-0.4, -0.2) is 5.91 Å². The molecular formula is C21H21NO2S. The maximum atomic E-state index is 13.0. The van der Waals surface area contributed by atoms with Gasteiger partial charge in [-0.3, -0.25) is 4.79 Å². The second kappa shape index (κ2) is 8.08. The Bertz CT molecular complexity index is 828. The van der Waals surface area contributed by atoms with Crippen molar-refractivity contribution in [1.29, 1.82) is 0 Å². The summed E-state index contributed by atoms with van der Waals surface area (Å²) < 4.78 is 5.40. The van der Waals surface area contributed by atoms with E-state index in [0.717, 1.165) is 28.1 Å². The summed E-state index contributed by atoms with van der Waals surface area (Å²) in [5.74, 6) is 1.49. The molecule has 25 heavy (non-hydrogen) atoms. The van der Waals surface area contributed by atoms with E-state index in [0.29, 0.717) is 5.75 Å². The average molecular weight is 351 g/mol. The summed E-state index contributed by atoms with van der Waals surface area (Å²) in [5.41, 5.74) is 4.04. The summed E-state index contributed by atoms with van der Waals surface area (Å²) in [6, 6.07) is 19.7. The Morgan fingerprint density at radius 3 is 2.60 bits per heavy atom. The van der Waals surface area contributed by atoms with E-state index in [1.807, 2.05) is 74.5 Å². The van der Waals surface area contributed by atoms with Crippen LogP contribution in [0.15, 0.2) is 71.3 Å². The lowest BCUT2D eigenvalue weighted by Gasteiger charge is -2.18. The van der Waals surface area contributed by atoms with Gasteiger partial charge in [-0.25, -0.2) is 0 Å². The van der Waals surface area contributed by atoms with Crippen molar-refractivity contribution in [2.24, 2.45) is 0 Å². The zero-order valence-corrected chi connectivity index (χ0v) is 15.2. The first-order chi connectivity index (χ1) is 12.1. The number of hydrogen-bond donors (Lipinski definition) is 1. The van der Waals surface area contributed by atoms with Crippen LogP contribution >= 0.6 is 11.8 Å². The molecule has 1 amide bonds. The molecule has 0 aliphatic rings. The molecule has 0 aliphatic heterocycles. The minimum absolute atomic E-state index is 0.0172. The minimum Gasteiger partial charge on any atom is -0.468 e. The van der Waals surface area contributed by atoms with Crippen LogP contribution in [0.5, 0.6) is 0 Å². The zero-order chi connectivity index (χ0) is 17.6. The first-order valence-corrected chi connectivity index (χ1v) is 9.25. The van der Waals surface area contributed by atoms with Gasteiger partial charge in [0, 0.05) is 5.69 Å². The van der Waals surface area contributed by atoms with Gasteiger partial charge < -0.3 is 9.73 Å². The normalized spacial score (nSPS) is 11.9. The lowest BCUT2D eigenvalue weighted by Crippen LogP contribution is -2.19. The number of carbonyl (C=O) groups is 1. The van der Waals surface area contributed by atoms with Crippen molar-refractivity contribution < 1.29 is 9.21 Å². The number of carbonyl (C=O) groups excluding carboxylic acids is 1. The number of benzene rings is 2. The van der Waals surface area contributed by atoms with E-state index in [-0.39, 0.29) is 11.2 Å². The third-order valence-electron chi connectivity index (χ3n) is 3.96. The maximum Gasteiger partial charge on any atom is 0.242 e. The molecule has 0 radical (unpaired) electrons. The molecular weight excluding hydrogens is 330 g/mol. The molecule has 0 bridgehead atoms. The van der Waals surface area contributed by atoms with Crippen molar-refractivity contribution >= 4 is 23.4 Å².